The van der Waals surface area contributed by atoms with Crippen molar-refractivity contribution in [2.75, 3.05) is 10.6 Å². The van der Waals surface area contributed by atoms with Gasteiger partial charge in [-0.3, -0.25) is 5.10 Å². The van der Waals surface area contributed by atoms with Crippen LogP contribution in [0.5, 0.6) is 0 Å². The van der Waals surface area contributed by atoms with Gasteiger partial charge >= 0.3 is 0 Å². The summed E-state index contributed by atoms with van der Waals surface area (Å²) in [4.78, 5) is 0. The standard InChI is InChI=1S/C19H19FN4/c20-15-8-4-13(5-9-15)12-21-16-2-1-3-17(10-16)22-19-11-18(23-24-19)14-6-7-14/h1-5,8-11,14,21H,6-7,12H2,(H2,22,23,24). The van der Waals surface area contributed by atoms with Crippen molar-refractivity contribution in [3.05, 3.63) is 71.7 Å². The highest BCUT2D eigenvalue weighted by Crippen LogP contribution is 2.39. The second-order valence-electron chi connectivity index (χ2n) is 6.17. The van der Waals surface area contributed by atoms with Gasteiger partial charge in [0.2, 0.25) is 0 Å². The minimum atomic E-state index is -0.213. The highest BCUT2D eigenvalue weighted by Gasteiger charge is 2.25. The summed E-state index contributed by atoms with van der Waals surface area (Å²) in [6, 6.07) is 16.6. The van der Waals surface area contributed by atoms with E-state index in [2.05, 4.69) is 26.9 Å². The average Bonchev–Trinajstić information content (AvgIpc) is 3.35. The zero-order valence-corrected chi connectivity index (χ0v) is 13.2. The summed E-state index contributed by atoms with van der Waals surface area (Å²) < 4.78 is 12.9. The van der Waals surface area contributed by atoms with Crippen LogP contribution in [0.15, 0.2) is 54.6 Å². The maximum absolute atomic E-state index is 12.9. The van der Waals surface area contributed by atoms with Gasteiger partial charge in [-0.15, -0.1) is 0 Å². The second-order valence-corrected chi connectivity index (χ2v) is 6.17. The summed E-state index contributed by atoms with van der Waals surface area (Å²) in [5, 5.41) is 14.1. The lowest BCUT2D eigenvalue weighted by molar-refractivity contribution is 0.627. The van der Waals surface area contributed by atoms with E-state index in [1.54, 1.807) is 12.1 Å². The van der Waals surface area contributed by atoms with Gasteiger partial charge in [0.1, 0.15) is 5.82 Å². The largest absolute Gasteiger partial charge is 0.381 e. The van der Waals surface area contributed by atoms with Crippen LogP contribution in [-0.4, -0.2) is 10.2 Å². The SMILES string of the molecule is Fc1ccc(CNc2cccc(Nc3cc(C4CC4)[nH]n3)c2)cc1. The second kappa shape index (κ2) is 6.35. The molecule has 0 aliphatic heterocycles. The Bertz CT molecular complexity index is 821. The van der Waals surface area contributed by atoms with E-state index in [-0.39, 0.29) is 5.82 Å². The lowest BCUT2D eigenvalue weighted by Crippen LogP contribution is -2.00. The third-order valence-corrected chi connectivity index (χ3v) is 4.16. The molecule has 4 nitrogen and oxygen atoms in total. The molecule has 1 saturated carbocycles. The normalized spacial score (nSPS) is 13.7. The van der Waals surface area contributed by atoms with Crippen molar-refractivity contribution in [2.24, 2.45) is 0 Å². The first-order valence-electron chi connectivity index (χ1n) is 8.17. The van der Waals surface area contributed by atoms with E-state index in [0.717, 1.165) is 22.8 Å². The summed E-state index contributed by atoms with van der Waals surface area (Å²) in [6.07, 6.45) is 2.51. The number of hydrogen-bond acceptors (Lipinski definition) is 3. The van der Waals surface area contributed by atoms with E-state index in [4.69, 9.17) is 0 Å². The third-order valence-electron chi connectivity index (χ3n) is 4.16. The predicted molar refractivity (Wildman–Crippen MR) is 94.0 cm³/mol. The Labute approximate surface area is 140 Å². The van der Waals surface area contributed by atoms with Crippen LogP contribution in [-0.2, 0) is 6.54 Å². The van der Waals surface area contributed by atoms with Crippen LogP contribution in [0.25, 0.3) is 0 Å². The Hall–Kier alpha value is -2.82. The Kier molecular flexibility index (Phi) is 3.91. The number of nitrogens with zero attached hydrogens (tertiary/aromatic N) is 1. The summed E-state index contributed by atoms with van der Waals surface area (Å²) >= 11 is 0. The molecule has 24 heavy (non-hydrogen) atoms. The third kappa shape index (κ3) is 3.56. The van der Waals surface area contributed by atoms with Gasteiger partial charge in [-0.25, -0.2) is 4.39 Å². The van der Waals surface area contributed by atoms with Gasteiger partial charge in [-0.2, -0.15) is 5.10 Å². The molecule has 5 heteroatoms. The van der Waals surface area contributed by atoms with Crippen LogP contribution in [0.3, 0.4) is 0 Å². The number of benzene rings is 2. The topological polar surface area (TPSA) is 52.7 Å². The number of aromatic amines is 1. The highest BCUT2D eigenvalue weighted by molar-refractivity contribution is 5.62. The van der Waals surface area contributed by atoms with Crippen LogP contribution in [0.2, 0.25) is 0 Å². The molecule has 0 bridgehead atoms. The average molecular weight is 322 g/mol. The molecule has 0 atom stereocenters. The molecule has 0 spiro atoms. The fourth-order valence-corrected chi connectivity index (χ4v) is 2.67. The summed E-state index contributed by atoms with van der Waals surface area (Å²) in [6.45, 7) is 0.651. The minimum absolute atomic E-state index is 0.213. The van der Waals surface area contributed by atoms with E-state index >= 15 is 0 Å². The lowest BCUT2D eigenvalue weighted by atomic mass is 10.2. The summed E-state index contributed by atoms with van der Waals surface area (Å²) in [7, 11) is 0. The van der Waals surface area contributed by atoms with Gasteiger partial charge in [-0.1, -0.05) is 18.2 Å². The van der Waals surface area contributed by atoms with E-state index in [0.29, 0.717) is 12.5 Å². The Morgan fingerprint density at radius 3 is 2.62 bits per heavy atom. The maximum Gasteiger partial charge on any atom is 0.152 e. The number of nitrogens with one attached hydrogen (secondary N) is 3. The summed E-state index contributed by atoms with van der Waals surface area (Å²) in [5.74, 6) is 1.29. The van der Waals surface area contributed by atoms with Gasteiger partial charge in [-0.05, 0) is 48.7 Å². The number of rotatable bonds is 6. The molecular formula is C19H19FN4. The smallest absolute Gasteiger partial charge is 0.152 e. The van der Waals surface area contributed by atoms with Crippen molar-refractivity contribution in [2.45, 2.75) is 25.3 Å². The number of halogens is 1. The lowest BCUT2D eigenvalue weighted by Gasteiger charge is -2.09. The first-order valence-corrected chi connectivity index (χ1v) is 8.17. The molecule has 2 aromatic carbocycles. The molecule has 0 unspecified atom stereocenters. The van der Waals surface area contributed by atoms with Gasteiger partial charge in [0.05, 0.1) is 0 Å². The predicted octanol–water partition coefficient (Wildman–Crippen LogP) is 4.78. The van der Waals surface area contributed by atoms with Crippen LogP contribution in [0.4, 0.5) is 21.6 Å². The fourth-order valence-electron chi connectivity index (χ4n) is 2.67. The fraction of sp³-hybridized carbons (Fsp3) is 0.211. The number of hydrogen-bond donors (Lipinski definition) is 3. The monoisotopic (exact) mass is 322 g/mol. The first-order chi connectivity index (χ1) is 11.8. The van der Waals surface area contributed by atoms with Crippen molar-refractivity contribution in [1.29, 1.82) is 0 Å². The molecule has 3 aromatic rings. The van der Waals surface area contributed by atoms with E-state index < -0.39 is 0 Å². The molecule has 122 valence electrons. The zero-order chi connectivity index (χ0) is 16.4. The number of aromatic nitrogens is 2. The van der Waals surface area contributed by atoms with Gasteiger partial charge < -0.3 is 10.6 Å². The van der Waals surface area contributed by atoms with Crippen molar-refractivity contribution in [1.82, 2.24) is 10.2 Å². The van der Waals surface area contributed by atoms with E-state index in [1.807, 2.05) is 24.3 Å². The molecule has 4 rings (SSSR count). The Morgan fingerprint density at radius 2 is 1.83 bits per heavy atom. The van der Waals surface area contributed by atoms with Crippen LogP contribution < -0.4 is 10.6 Å². The van der Waals surface area contributed by atoms with Crippen LogP contribution in [0, 0.1) is 5.82 Å². The molecule has 0 radical (unpaired) electrons. The first kappa shape index (κ1) is 14.8. The Balaban J connectivity index is 1.39. The molecule has 1 aliphatic rings. The van der Waals surface area contributed by atoms with Crippen molar-refractivity contribution >= 4 is 17.2 Å². The Morgan fingerprint density at radius 1 is 1.04 bits per heavy atom. The highest BCUT2D eigenvalue weighted by atomic mass is 19.1. The van der Waals surface area contributed by atoms with Crippen molar-refractivity contribution in [3.8, 4) is 0 Å². The maximum atomic E-state index is 12.9. The van der Waals surface area contributed by atoms with Crippen LogP contribution >= 0.6 is 0 Å². The molecular weight excluding hydrogens is 303 g/mol. The molecule has 1 fully saturated rings. The minimum Gasteiger partial charge on any atom is -0.381 e. The number of H-pyrrole nitrogens is 1. The molecule has 1 heterocycles. The van der Waals surface area contributed by atoms with Gasteiger partial charge in [0.15, 0.2) is 5.82 Å². The van der Waals surface area contributed by atoms with Gasteiger partial charge in [0, 0.05) is 35.6 Å². The quantitative estimate of drug-likeness (QED) is 0.612. The molecule has 0 saturated heterocycles. The van der Waals surface area contributed by atoms with E-state index in [9.17, 15) is 4.39 Å². The summed E-state index contributed by atoms with van der Waals surface area (Å²) in [5.41, 5.74) is 4.23. The molecule has 0 amide bonds. The zero-order valence-electron chi connectivity index (χ0n) is 13.2. The number of anilines is 3. The molecule has 1 aliphatic carbocycles. The van der Waals surface area contributed by atoms with Crippen molar-refractivity contribution in [3.63, 3.8) is 0 Å². The van der Waals surface area contributed by atoms with Crippen molar-refractivity contribution < 1.29 is 4.39 Å². The molecule has 1 aromatic heterocycles. The van der Waals surface area contributed by atoms with Crippen LogP contribution in [0.1, 0.15) is 30.0 Å². The van der Waals surface area contributed by atoms with Gasteiger partial charge in [0.25, 0.3) is 0 Å². The molecule has 3 N–H and O–H groups in total. The van der Waals surface area contributed by atoms with E-state index in [1.165, 1.54) is 30.7 Å².